The van der Waals surface area contributed by atoms with Gasteiger partial charge in [0, 0.05) is 7.05 Å². The highest BCUT2D eigenvalue weighted by atomic mass is 16.7. The van der Waals surface area contributed by atoms with Crippen LogP contribution in [0.1, 0.15) is 31.1 Å². The molecular formula is C17H11N3O5. The Morgan fingerprint density at radius 2 is 1.64 bits per heavy atom. The van der Waals surface area contributed by atoms with Gasteiger partial charge < -0.3 is 9.82 Å². The Labute approximate surface area is 140 Å². The predicted octanol–water partition coefficient (Wildman–Crippen LogP) is 1.23. The van der Waals surface area contributed by atoms with Crippen LogP contribution in [0.4, 0.5) is 0 Å². The van der Waals surface area contributed by atoms with Gasteiger partial charge in [-0.25, -0.2) is 9.59 Å². The summed E-state index contributed by atoms with van der Waals surface area (Å²) in [5, 5.41) is 0.449. The molecule has 8 heteroatoms. The second kappa shape index (κ2) is 5.17. The smallest absolute Gasteiger partial charge is 0.324 e. The molecule has 8 nitrogen and oxygen atoms in total. The average Bonchev–Trinajstić information content (AvgIpc) is 3.03. The van der Waals surface area contributed by atoms with Crippen LogP contribution in [0, 0.1) is 0 Å². The van der Waals surface area contributed by atoms with Gasteiger partial charge in [-0.3, -0.25) is 14.2 Å². The predicted molar refractivity (Wildman–Crippen MR) is 85.9 cm³/mol. The fourth-order valence-corrected chi connectivity index (χ4v) is 2.75. The zero-order valence-corrected chi connectivity index (χ0v) is 13.0. The fraction of sp³-hybridized carbons (Fsp3) is 0.0588. The highest BCUT2D eigenvalue weighted by Crippen LogP contribution is 2.23. The lowest BCUT2D eigenvalue weighted by Crippen LogP contribution is -2.32. The van der Waals surface area contributed by atoms with E-state index in [0.717, 1.165) is 0 Å². The molecule has 1 aliphatic rings. The summed E-state index contributed by atoms with van der Waals surface area (Å²) in [7, 11) is 1.60. The number of hydroxylamine groups is 2. The number of hydrogen-bond acceptors (Lipinski definition) is 5. The molecule has 0 spiro atoms. The number of carbonyl (C=O) groups is 3. The maximum absolute atomic E-state index is 12.3. The Balaban J connectivity index is 1.64. The first kappa shape index (κ1) is 14.9. The number of aromatic nitrogens is 2. The molecule has 124 valence electrons. The number of benzene rings is 2. The minimum Gasteiger partial charge on any atom is -0.324 e. The van der Waals surface area contributed by atoms with E-state index >= 15 is 0 Å². The van der Waals surface area contributed by atoms with Gasteiger partial charge in [-0.1, -0.05) is 17.2 Å². The van der Waals surface area contributed by atoms with Crippen LogP contribution in [0.15, 0.2) is 47.3 Å². The second-order valence-electron chi connectivity index (χ2n) is 5.55. The number of amides is 2. The summed E-state index contributed by atoms with van der Waals surface area (Å²) >= 11 is 0. The molecule has 0 atom stereocenters. The third kappa shape index (κ3) is 2.15. The highest BCUT2D eigenvalue weighted by Gasteiger charge is 2.38. The molecule has 25 heavy (non-hydrogen) atoms. The number of H-pyrrole nitrogens is 1. The van der Waals surface area contributed by atoms with Crippen LogP contribution in [0.25, 0.3) is 11.0 Å². The van der Waals surface area contributed by atoms with Crippen molar-refractivity contribution in [3.63, 3.8) is 0 Å². The monoisotopic (exact) mass is 337 g/mol. The summed E-state index contributed by atoms with van der Waals surface area (Å²) in [6.45, 7) is 0. The zero-order valence-electron chi connectivity index (χ0n) is 13.0. The van der Waals surface area contributed by atoms with Crippen LogP contribution in [0.3, 0.4) is 0 Å². The Morgan fingerprint density at radius 3 is 2.28 bits per heavy atom. The molecular weight excluding hydrogens is 326 g/mol. The number of aryl methyl sites for hydroxylation is 1. The van der Waals surface area contributed by atoms with Crippen molar-refractivity contribution in [1.82, 2.24) is 14.6 Å². The zero-order chi connectivity index (χ0) is 17.7. The molecule has 1 aliphatic heterocycles. The Hall–Kier alpha value is -3.68. The molecule has 2 amide bonds. The minimum absolute atomic E-state index is 0.103. The first-order chi connectivity index (χ1) is 12.0. The Bertz CT molecular complexity index is 1090. The van der Waals surface area contributed by atoms with Crippen LogP contribution < -0.4 is 5.69 Å². The lowest BCUT2D eigenvalue weighted by Gasteiger charge is -2.12. The number of carbonyl (C=O) groups excluding carboxylic acids is 3. The van der Waals surface area contributed by atoms with Crippen molar-refractivity contribution in [2.75, 3.05) is 0 Å². The molecule has 1 aromatic heterocycles. The van der Waals surface area contributed by atoms with Crippen LogP contribution in [0.2, 0.25) is 0 Å². The lowest BCUT2D eigenvalue weighted by molar-refractivity contribution is -0.0584. The second-order valence-corrected chi connectivity index (χ2v) is 5.55. The topological polar surface area (TPSA) is 101 Å². The van der Waals surface area contributed by atoms with Gasteiger partial charge in [0.05, 0.1) is 27.7 Å². The normalized spacial score (nSPS) is 13.4. The third-order valence-electron chi connectivity index (χ3n) is 4.07. The van der Waals surface area contributed by atoms with Crippen LogP contribution in [-0.2, 0) is 11.9 Å². The SMILES string of the molecule is Cn1c(=O)[nH]c2cc(C(=O)ON3C(=O)c4ccccc4C3=O)ccc21. The standard InChI is InChI=1S/C17H11N3O5/c1-19-13-7-6-9(8-12(13)18-17(19)24)16(23)25-20-14(21)10-4-2-3-5-11(10)15(20)22/h2-8H,1H3,(H,18,24). The van der Waals surface area contributed by atoms with E-state index in [-0.39, 0.29) is 22.4 Å². The van der Waals surface area contributed by atoms with E-state index in [4.69, 9.17) is 4.84 Å². The maximum atomic E-state index is 12.3. The van der Waals surface area contributed by atoms with Crippen LogP contribution in [-0.4, -0.2) is 32.4 Å². The largest absolute Gasteiger partial charge is 0.364 e. The summed E-state index contributed by atoms with van der Waals surface area (Å²) in [6.07, 6.45) is 0. The van der Waals surface area contributed by atoms with Crippen molar-refractivity contribution in [2.45, 2.75) is 0 Å². The first-order valence-corrected chi connectivity index (χ1v) is 7.36. The van der Waals surface area contributed by atoms with E-state index in [9.17, 15) is 19.2 Å². The number of rotatable bonds is 2. The molecule has 0 saturated heterocycles. The van der Waals surface area contributed by atoms with E-state index in [1.54, 1.807) is 25.2 Å². The van der Waals surface area contributed by atoms with E-state index in [1.165, 1.54) is 28.8 Å². The maximum Gasteiger partial charge on any atom is 0.364 e. The number of aromatic amines is 1. The summed E-state index contributed by atoms with van der Waals surface area (Å²) in [5.41, 5.74) is 1.21. The number of hydrogen-bond donors (Lipinski definition) is 1. The Morgan fingerprint density at radius 1 is 1.00 bits per heavy atom. The molecule has 4 rings (SSSR count). The molecule has 1 N–H and O–H groups in total. The molecule has 2 heterocycles. The summed E-state index contributed by atoms with van der Waals surface area (Å²) in [5.74, 6) is -2.26. The van der Waals surface area contributed by atoms with Gasteiger partial charge in [0.1, 0.15) is 0 Å². The summed E-state index contributed by atoms with van der Waals surface area (Å²) in [6, 6.07) is 10.7. The molecule has 0 fully saturated rings. The minimum atomic E-state index is -0.874. The Kier molecular flexibility index (Phi) is 3.08. The average molecular weight is 337 g/mol. The van der Waals surface area contributed by atoms with Gasteiger partial charge in [-0.15, -0.1) is 0 Å². The third-order valence-corrected chi connectivity index (χ3v) is 4.07. The number of nitrogens with one attached hydrogen (secondary N) is 1. The highest BCUT2D eigenvalue weighted by molar-refractivity contribution is 6.21. The molecule has 0 unspecified atom stereocenters. The van der Waals surface area contributed by atoms with Gasteiger partial charge in [-0.2, -0.15) is 0 Å². The molecule has 0 aliphatic carbocycles. The van der Waals surface area contributed by atoms with E-state index in [1.807, 2.05) is 0 Å². The number of fused-ring (bicyclic) bond motifs is 2. The van der Waals surface area contributed by atoms with Crippen LogP contribution in [0.5, 0.6) is 0 Å². The van der Waals surface area contributed by atoms with E-state index in [2.05, 4.69) is 4.98 Å². The molecule has 0 bridgehead atoms. The van der Waals surface area contributed by atoms with Crippen molar-refractivity contribution in [3.8, 4) is 0 Å². The molecule has 2 aromatic carbocycles. The van der Waals surface area contributed by atoms with Crippen LogP contribution >= 0.6 is 0 Å². The van der Waals surface area contributed by atoms with Crippen molar-refractivity contribution in [2.24, 2.45) is 7.05 Å². The number of nitrogens with zero attached hydrogens (tertiary/aromatic N) is 2. The first-order valence-electron chi connectivity index (χ1n) is 7.36. The van der Waals surface area contributed by atoms with Gasteiger partial charge in [0.15, 0.2) is 0 Å². The van der Waals surface area contributed by atoms with Crippen molar-refractivity contribution in [1.29, 1.82) is 0 Å². The van der Waals surface area contributed by atoms with Gasteiger partial charge in [-0.05, 0) is 30.3 Å². The van der Waals surface area contributed by atoms with E-state index in [0.29, 0.717) is 16.1 Å². The van der Waals surface area contributed by atoms with Crippen molar-refractivity contribution < 1.29 is 19.2 Å². The summed E-state index contributed by atoms with van der Waals surface area (Å²) < 4.78 is 1.40. The fourth-order valence-electron chi connectivity index (χ4n) is 2.75. The molecule has 3 aromatic rings. The van der Waals surface area contributed by atoms with Gasteiger partial charge in [0.2, 0.25) is 0 Å². The number of imide groups is 1. The molecule has 0 radical (unpaired) electrons. The van der Waals surface area contributed by atoms with E-state index < -0.39 is 17.8 Å². The number of imidazole rings is 1. The lowest BCUT2D eigenvalue weighted by atomic mass is 10.1. The molecule has 0 saturated carbocycles. The summed E-state index contributed by atoms with van der Waals surface area (Å²) in [4.78, 5) is 55.9. The van der Waals surface area contributed by atoms with Gasteiger partial charge in [0.25, 0.3) is 11.8 Å². The van der Waals surface area contributed by atoms with Crippen molar-refractivity contribution >= 4 is 28.8 Å². The van der Waals surface area contributed by atoms with Gasteiger partial charge >= 0.3 is 11.7 Å². The quantitative estimate of drug-likeness (QED) is 0.709. The van der Waals surface area contributed by atoms with Crippen molar-refractivity contribution in [3.05, 3.63) is 69.6 Å².